The Kier molecular flexibility index (Phi) is 2.53. The predicted octanol–water partition coefficient (Wildman–Crippen LogP) is 3.42. The number of nitrogens with one attached hydrogen (secondary N) is 1. The maximum Gasteiger partial charge on any atom is 0.188 e. The Bertz CT molecular complexity index is 485. The molecule has 16 heavy (non-hydrogen) atoms. The second-order valence-corrected chi connectivity index (χ2v) is 5.25. The van der Waals surface area contributed by atoms with Crippen LogP contribution in [0.1, 0.15) is 17.0 Å². The number of nitrogens with zero attached hydrogens (tertiary/aromatic N) is 2. The maximum absolute atomic E-state index is 5.77. The molecule has 3 rings (SSSR count). The molecule has 0 amide bonds. The first-order valence-electron chi connectivity index (χ1n) is 5.18. The SMILES string of the molecule is Clc1ccc(Nc2nc3c(s2)CCC3)nc1. The van der Waals surface area contributed by atoms with E-state index in [4.69, 9.17) is 11.6 Å². The summed E-state index contributed by atoms with van der Waals surface area (Å²) in [5, 5.41) is 4.77. The van der Waals surface area contributed by atoms with Gasteiger partial charge in [0.05, 0.1) is 10.7 Å². The molecule has 0 unspecified atom stereocenters. The zero-order valence-electron chi connectivity index (χ0n) is 8.53. The third kappa shape index (κ3) is 1.90. The maximum atomic E-state index is 5.77. The summed E-state index contributed by atoms with van der Waals surface area (Å²) < 4.78 is 0. The summed E-state index contributed by atoms with van der Waals surface area (Å²) in [5.74, 6) is 0.789. The molecule has 0 spiro atoms. The number of hydrogen-bond acceptors (Lipinski definition) is 4. The van der Waals surface area contributed by atoms with Crippen LogP contribution in [0.25, 0.3) is 0 Å². The third-order valence-corrected chi connectivity index (χ3v) is 3.85. The molecule has 0 saturated carbocycles. The topological polar surface area (TPSA) is 37.8 Å². The molecule has 1 aliphatic rings. The number of aryl methyl sites for hydroxylation is 2. The van der Waals surface area contributed by atoms with E-state index < -0.39 is 0 Å². The minimum absolute atomic E-state index is 0.646. The fourth-order valence-electron chi connectivity index (χ4n) is 1.80. The molecule has 5 heteroatoms. The van der Waals surface area contributed by atoms with Crippen LogP contribution >= 0.6 is 22.9 Å². The number of pyridine rings is 1. The van der Waals surface area contributed by atoms with Crippen LogP contribution in [-0.2, 0) is 12.8 Å². The van der Waals surface area contributed by atoms with Crippen molar-refractivity contribution in [1.29, 1.82) is 0 Å². The minimum atomic E-state index is 0.646. The number of hydrogen-bond donors (Lipinski definition) is 1. The summed E-state index contributed by atoms with van der Waals surface area (Å²) in [5.41, 5.74) is 1.25. The fraction of sp³-hybridized carbons (Fsp3) is 0.273. The second kappa shape index (κ2) is 4.03. The Morgan fingerprint density at radius 3 is 3.00 bits per heavy atom. The molecule has 2 aromatic rings. The van der Waals surface area contributed by atoms with Gasteiger partial charge < -0.3 is 5.32 Å². The molecule has 0 aliphatic heterocycles. The lowest BCUT2D eigenvalue weighted by molar-refractivity contribution is 0.900. The van der Waals surface area contributed by atoms with Crippen molar-refractivity contribution in [3.05, 3.63) is 33.9 Å². The van der Waals surface area contributed by atoms with Crippen LogP contribution in [0.2, 0.25) is 5.02 Å². The monoisotopic (exact) mass is 251 g/mol. The van der Waals surface area contributed by atoms with Gasteiger partial charge >= 0.3 is 0 Å². The highest BCUT2D eigenvalue weighted by Gasteiger charge is 2.16. The highest BCUT2D eigenvalue weighted by atomic mass is 35.5. The quantitative estimate of drug-likeness (QED) is 0.889. The summed E-state index contributed by atoms with van der Waals surface area (Å²) in [6, 6.07) is 3.67. The van der Waals surface area contributed by atoms with E-state index in [9.17, 15) is 0 Å². The molecule has 3 nitrogen and oxygen atoms in total. The Morgan fingerprint density at radius 2 is 2.25 bits per heavy atom. The van der Waals surface area contributed by atoms with Gasteiger partial charge in [-0.1, -0.05) is 11.6 Å². The second-order valence-electron chi connectivity index (χ2n) is 3.73. The Balaban J connectivity index is 1.81. The Hall–Kier alpha value is -1.13. The average molecular weight is 252 g/mol. The average Bonchev–Trinajstić information content (AvgIpc) is 2.81. The number of thiazole rings is 1. The van der Waals surface area contributed by atoms with Gasteiger partial charge in [0.1, 0.15) is 5.82 Å². The number of fused-ring (bicyclic) bond motifs is 1. The van der Waals surface area contributed by atoms with Gasteiger partial charge in [-0.15, -0.1) is 11.3 Å². The molecule has 1 N–H and O–H groups in total. The summed E-state index contributed by atoms with van der Waals surface area (Å²) in [6.07, 6.45) is 5.16. The highest BCUT2D eigenvalue weighted by molar-refractivity contribution is 7.15. The molecule has 82 valence electrons. The lowest BCUT2D eigenvalue weighted by Crippen LogP contribution is -1.92. The summed E-state index contributed by atoms with van der Waals surface area (Å²) in [7, 11) is 0. The standard InChI is InChI=1S/C11H10ClN3S/c12-7-4-5-10(13-6-7)15-11-14-8-2-1-3-9(8)16-11/h4-6H,1-3H2,(H,13,14,15). The molecule has 2 heterocycles. The Labute approximate surface area is 103 Å². The number of aromatic nitrogens is 2. The predicted molar refractivity (Wildman–Crippen MR) is 66.7 cm³/mol. The first-order chi connectivity index (χ1) is 7.81. The molecule has 0 fully saturated rings. The van der Waals surface area contributed by atoms with E-state index in [1.807, 2.05) is 12.1 Å². The normalized spacial score (nSPS) is 13.8. The minimum Gasteiger partial charge on any atom is -0.316 e. The van der Waals surface area contributed by atoms with Gasteiger partial charge in [0.15, 0.2) is 5.13 Å². The zero-order chi connectivity index (χ0) is 11.0. The number of anilines is 2. The zero-order valence-corrected chi connectivity index (χ0v) is 10.1. The molecule has 0 radical (unpaired) electrons. The van der Waals surface area contributed by atoms with Gasteiger partial charge in [-0.05, 0) is 31.4 Å². The van der Waals surface area contributed by atoms with Gasteiger partial charge in [-0.2, -0.15) is 0 Å². The van der Waals surface area contributed by atoms with Crippen LogP contribution in [0.4, 0.5) is 10.9 Å². The molecule has 2 aromatic heterocycles. The van der Waals surface area contributed by atoms with E-state index in [2.05, 4.69) is 15.3 Å². The van der Waals surface area contributed by atoms with Crippen LogP contribution in [0.3, 0.4) is 0 Å². The molecular formula is C11H10ClN3S. The molecule has 0 bridgehead atoms. The van der Waals surface area contributed by atoms with Gasteiger partial charge in [-0.25, -0.2) is 9.97 Å². The third-order valence-electron chi connectivity index (χ3n) is 2.56. The van der Waals surface area contributed by atoms with Gasteiger partial charge in [-0.3, -0.25) is 0 Å². The van der Waals surface area contributed by atoms with Crippen molar-refractivity contribution in [2.24, 2.45) is 0 Å². The molecule has 0 saturated heterocycles. The van der Waals surface area contributed by atoms with E-state index in [0.717, 1.165) is 17.4 Å². The van der Waals surface area contributed by atoms with E-state index in [1.54, 1.807) is 17.5 Å². The van der Waals surface area contributed by atoms with E-state index in [1.165, 1.54) is 23.4 Å². The van der Waals surface area contributed by atoms with Crippen molar-refractivity contribution in [1.82, 2.24) is 9.97 Å². The van der Waals surface area contributed by atoms with E-state index in [0.29, 0.717) is 5.02 Å². The summed E-state index contributed by atoms with van der Waals surface area (Å²) >= 11 is 7.50. The van der Waals surface area contributed by atoms with Crippen molar-refractivity contribution in [2.75, 3.05) is 5.32 Å². The van der Waals surface area contributed by atoms with E-state index >= 15 is 0 Å². The first kappa shape index (κ1) is 10.1. The van der Waals surface area contributed by atoms with E-state index in [-0.39, 0.29) is 0 Å². The number of halogens is 1. The van der Waals surface area contributed by atoms with Crippen molar-refractivity contribution >= 4 is 33.9 Å². The van der Waals surface area contributed by atoms with Crippen LogP contribution in [0.15, 0.2) is 18.3 Å². The lowest BCUT2D eigenvalue weighted by atomic mass is 10.4. The number of rotatable bonds is 2. The van der Waals surface area contributed by atoms with Gasteiger partial charge in [0, 0.05) is 11.1 Å². The fourth-order valence-corrected chi connectivity index (χ4v) is 2.97. The summed E-state index contributed by atoms with van der Waals surface area (Å²) in [4.78, 5) is 10.1. The molecular weight excluding hydrogens is 242 g/mol. The molecule has 0 atom stereocenters. The van der Waals surface area contributed by atoms with Crippen molar-refractivity contribution < 1.29 is 0 Å². The largest absolute Gasteiger partial charge is 0.316 e. The van der Waals surface area contributed by atoms with Crippen molar-refractivity contribution in [2.45, 2.75) is 19.3 Å². The molecule has 1 aliphatic carbocycles. The van der Waals surface area contributed by atoms with Gasteiger partial charge in [0.25, 0.3) is 0 Å². The smallest absolute Gasteiger partial charge is 0.188 e. The first-order valence-corrected chi connectivity index (χ1v) is 6.38. The van der Waals surface area contributed by atoms with Crippen molar-refractivity contribution in [3.63, 3.8) is 0 Å². The Morgan fingerprint density at radius 1 is 1.31 bits per heavy atom. The molecule has 0 aromatic carbocycles. The van der Waals surface area contributed by atoms with Crippen LogP contribution in [-0.4, -0.2) is 9.97 Å². The summed E-state index contributed by atoms with van der Waals surface area (Å²) in [6.45, 7) is 0. The van der Waals surface area contributed by atoms with Crippen LogP contribution in [0, 0.1) is 0 Å². The lowest BCUT2D eigenvalue weighted by Gasteiger charge is -2.00. The van der Waals surface area contributed by atoms with Crippen molar-refractivity contribution in [3.8, 4) is 0 Å². The van der Waals surface area contributed by atoms with Crippen LogP contribution in [0.5, 0.6) is 0 Å². The highest BCUT2D eigenvalue weighted by Crippen LogP contribution is 2.31. The van der Waals surface area contributed by atoms with Crippen LogP contribution < -0.4 is 5.32 Å². The van der Waals surface area contributed by atoms with Gasteiger partial charge in [0.2, 0.25) is 0 Å².